The summed E-state index contributed by atoms with van der Waals surface area (Å²) >= 11 is 0. The molecule has 0 saturated heterocycles. The van der Waals surface area contributed by atoms with Crippen LogP contribution < -0.4 is 5.32 Å². The molecule has 0 radical (unpaired) electrons. The molecule has 5 nitrogen and oxygen atoms in total. The van der Waals surface area contributed by atoms with Crippen LogP contribution in [-0.4, -0.2) is 16.9 Å². The number of hydrogen-bond donors (Lipinski definition) is 1. The molecule has 0 bridgehead atoms. The Labute approximate surface area is 115 Å². The Hall–Kier alpha value is -2.69. The lowest BCUT2D eigenvalue weighted by atomic mass is 10.1. The average Bonchev–Trinajstić information content (AvgIpc) is 2.87. The molecule has 5 heteroatoms. The molecule has 0 aliphatic carbocycles. The zero-order valence-corrected chi connectivity index (χ0v) is 10.6. The summed E-state index contributed by atoms with van der Waals surface area (Å²) in [6, 6.07) is 10.9. The molecule has 20 heavy (non-hydrogen) atoms. The molecule has 1 aliphatic heterocycles. The van der Waals surface area contributed by atoms with Crippen molar-refractivity contribution < 1.29 is 14.3 Å². The second-order valence-corrected chi connectivity index (χ2v) is 4.46. The van der Waals surface area contributed by atoms with E-state index in [1.807, 2.05) is 30.3 Å². The molecule has 1 amide bonds. The van der Waals surface area contributed by atoms with Crippen molar-refractivity contribution in [2.45, 2.75) is 13.2 Å². The maximum atomic E-state index is 11.9. The van der Waals surface area contributed by atoms with Crippen LogP contribution in [0.4, 0.5) is 0 Å². The number of carbonyl (C=O) groups excluding carboxylic acids is 2. The van der Waals surface area contributed by atoms with Gasteiger partial charge in [-0.15, -0.1) is 0 Å². The fraction of sp³-hybridized carbons (Fsp3) is 0.133. The molecule has 1 N–H and O–H groups in total. The number of esters is 1. The van der Waals surface area contributed by atoms with Gasteiger partial charge < -0.3 is 10.1 Å². The summed E-state index contributed by atoms with van der Waals surface area (Å²) in [7, 11) is 0. The maximum absolute atomic E-state index is 11.9. The number of nitrogens with one attached hydrogen (secondary N) is 1. The molecule has 1 aromatic heterocycles. The quantitative estimate of drug-likeness (QED) is 0.860. The van der Waals surface area contributed by atoms with Gasteiger partial charge in [0.05, 0.1) is 23.4 Å². The summed E-state index contributed by atoms with van der Waals surface area (Å²) in [4.78, 5) is 27.5. The van der Waals surface area contributed by atoms with Gasteiger partial charge in [-0.2, -0.15) is 0 Å². The molecule has 0 saturated carbocycles. The lowest BCUT2D eigenvalue weighted by Crippen LogP contribution is -2.13. The van der Waals surface area contributed by atoms with E-state index in [9.17, 15) is 9.59 Å². The number of rotatable bonds is 3. The third kappa shape index (κ3) is 2.38. The number of aromatic nitrogens is 1. The molecule has 2 aromatic rings. The third-order valence-electron chi connectivity index (χ3n) is 3.08. The second-order valence-electron chi connectivity index (χ2n) is 4.46. The highest BCUT2D eigenvalue weighted by molar-refractivity contribution is 6.00. The first kappa shape index (κ1) is 12.3. The van der Waals surface area contributed by atoms with E-state index in [0.717, 1.165) is 5.56 Å². The predicted molar refractivity (Wildman–Crippen MR) is 71.0 cm³/mol. The van der Waals surface area contributed by atoms with Crippen LogP contribution in [0.25, 0.3) is 0 Å². The maximum Gasteiger partial charge on any atom is 0.340 e. The van der Waals surface area contributed by atoms with Gasteiger partial charge in [0.2, 0.25) is 0 Å². The van der Waals surface area contributed by atoms with Gasteiger partial charge in [0, 0.05) is 6.20 Å². The first-order chi connectivity index (χ1) is 9.74. The van der Waals surface area contributed by atoms with Crippen LogP contribution in [0, 0.1) is 0 Å². The summed E-state index contributed by atoms with van der Waals surface area (Å²) in [5, 5.41) is 2.66. The van der Waals surface area contributed by atoms with Gasteiger partial charge in [-0.3, -0.25) is 9.78 Å². The zero-order chi connectivity index (χ0) is 13.9. The number of fused-ring (bicyclic) bond motifs is 1. The highest BCUT2D eigenvalue weighted by atomic mass is 16.5. The monoisotopic (exact) mass is 268 g/mol. The Bertz CT molecular complexity index is 668. The average molecular weight is 268 g/mol. The lowest BCUT2D eigenvalue weighted by molar-refractivity contribution is 0.0472. The standard InChI is InChI=1S/C15H12N2O3/c18-14-12-6-11(7-16-13(12)8-17-14)15(19)20-9-10-4-2-1-3-5-10/h1-7H,8-9H2,(H,17,18). The number of benzene rings is 1. The van der Waals surface area contributed by atoms with Crippen LogP contribution >= 0.6 is 0 Å². The smallest absolute Gasteiger partial charge is 0.340 e. The fourth-order valence-electron chi connectivity index (χ4n) is 2.01. The van der Waals surface area contributed by atoms with Crippen molar-refractivity contribution in [3.63, 3.8) is 0 Å². The van der Waals surface area contributed by atoms with Gasteiger partial charge in [-0.1, -0.05) is 30.3 Å². The summed E-state index contributed by atoms with van der Waals surface area (Å²) in [5.74, 6) is -0.686. The number of pyridine rings is 1. The third-order valence-corrected chi connectivity index (χ3v) is 3.08. The van der Waals surface area contributed by atoms with Crippen LogP contribution in [-0.2, 0) is 17.9 Å². The van der Waals surface area contributed by atoms with E-state index < -0.39 is 5.97 Å². The van der Waals surface area contributed by atoms with E-state index >= 15 is 0 Å². The number of hydrogen-bond acceptors (Lipinski definition) is 4. The van der Waals surface area contributed by atoms with E-state index in [1.54, 1.807) is 0 Å². The summed E-state index contributed by atoms with van der Waals surface area (Å²) < 4.78 is 5.20. The van der Waals surface area contributed by atoms with Crippen LogP contribution in [0.1, 0.15) is 32.0 Å². The highest BCUT2D eigenvalue weighted by Gasteiger charge is 2.22. The summed E-state index contributed by atoms with van der Waals surface area (Å²) in [6.45, 7) is 0.608. The van der Waals surface area contributed by atoms with E-state index in [4.69, 9.17) is 4.74 Å². The van der Waals surface area contributed by atoms with E-state index in [-0.39, 0.29) is 18.1 Å². The van der Waals surface area contributed by atoms with Crippen LogP contribution in [0.2, 0.25) is 0 Å². The molecule has 1 aliphatic rings. The van der Waals surface area contributed by atoms with Gasteiger partial charge in [0.25, 0.3) is 5.91 Å². The highest BCUT2D eigenvalue weighted by Crippen LogP contribution is 2.15. The van der Waals surface area contributed by atoms with Crippen LogP contribution in [0.3, 0.4) is 0 Å². The van der Waals surface area contributed by atoms with Gasteiger partial charge >= 0.3 is 5.97 Å². The van der Waals surface area contributed by atoms with Crippen molar-refractivity contribution >= 4 is 11.9 Å². The van der Waals surface area contributed by atoms with E-state index in [1.165, 1.54) is 12.3 Å². The van der Waals surface area contributed by atoms with Crippen molar-refractivity contribution in [1.82, 2.24) is 10.3 Å². The Morgan fingerprint density at radius 3 is 2.90 bits per heavy atom. The van der Waals surface area contributed by atoms with E-state index in [2.05, 4.69) is 10.3 Å². The fourth-order valence-corrected chi connectivity index (χ4v) is 2.01. The van der Waals surface area contributed by atoms with Crippen molar-refractivity contribution in [2.24, 2.45) is 0 Å². The normalized spacial score (nSPS) is 12.7. The molecule has 100 valence electrons. The number of nitrogens with zero attached hydrogens (tertiary/aromatic N) is 1. The minimum Gasteiger partial charge on any atom is -0.457 e. The van der Waals surface area contributed by atoms with Gasteiger partial charge in [-0.25, -0.2) is 4.79 Å². The Kier molecular flexibility index (Phi) is 3.16. The predicted octanol–water partition coefficient (Wildman–Crippen LogP) is 1.68. The van der Waals surface area contributed by atoms with Gasteiger partial charge in [0.1, 0.15) is 6.61 Å². The minimum atomic E-state index is -0.483. The number of ether oxygens (including phenoxy) is 1. The topological polar surface area (TPSA) is 68.3 Å². The Morgan fingerprint density at radius 2 is 2.10 bits per heavy atom. The largest absolute Gasteiger partial charge is 0.457 e. The molecule has 0 spiro atoms. The van der Waals surface area contributed by atoms with Crippen molar-refractivity contribution in [3.05, 3.63) is 65.0 Å². The van der Waals surface area contributed by atoms with Gasteiger partial charge in [0.15, 0.2) is 0 Å². The molecular formula is C15H12N2O3. The number of carbonyl (C=O) groups is 2. The number of amides is 1. The van der Waals surface area contributed by atoms with E-state index in [0.29, 0.717) is 17.8 Å². The Balaban J connectivity index is 1.72. The van der Waals surface area contributed by atoms with Gasteiger partial charge in [-0.05, 0) is 11.6 Å². The minimum absolute atomic E-state index is 0.197. The first-order valence-corrected chi connectivity index (χ1v) is 6.22. The zero-order valence-electron chi connectivity index (χ0n) is 10.6. The van der Waals surface area contributed by atoms with Crippen LogP contribution in [0.15, 0.2) is 42.6 Å². The molecule has 0 atom stereocenters. The van der Waals surface area contributed by atoms with Crippen molar-refractivity contribution in [2.75, 3.05) is 0 Å². The molecule has 3 rings (SSSR count). The molecule has 0 fully saturated rings. The summed E-state index contributed by atoms with van der Waals surface area (Å²) in [6.07, 6.45) is 1.44. The lowest BCUT2D eigenvalue weighted by Gasteiger charge is -2.05. The van der Waals surface area contributed by atoms with Crippen LogP contribution in [0.5, 0.6) is 0 Å². The molecule has 2 heterocycles. The molecule has 0 unspecified atom stereocenters. The molecule has 1 aromatic carbocycles. The molecular weight excluding hydrogens is 256 g/mol. The Morgan fingerprint density at radius 1 is 1.30 bits per heavy atom. The van der Waals surface area contributed by atoms with Crippen molar-refractivity contribution in [1.29, 1.82) is 0 Å². The first-order valence-electron chi connectivity index (χ1n) is 6.22. The SMILES string of the molecule is O=C(OCc1ccccc1)c1cnc2c(c1)C(=O)NC2. The second kappa shape index (κ2) is 5.13. The summed E-state index contributed by atoms with van der Waals surface area (Å²) in [5.41, 5.74) is 2.30. The van der Waals surface area contributed by atoms with Crippen molar-refractivity contribution in [3.8, 4) is 0 Å².